The number of phenols is 1. The molecule has 0 aliphatic rings. The molecule has 0 spiro atoms. The summed E-state index contributed by atoms with van der Waals surface area (Å²) in [5.74, 6) is 0.667. The zero-order valence-electron chi connectivity index (χ0n) is 17.5. The number of aryl methyl sites for hydroxylation is 2. The van der Waals surface area contributed by atoms with Gasteiger partial charge in [-0.1, -0.05) is 58.0 Å². The minimum absolute atomic E-state index is 0.118. The first-order valence-electron chi connectivity index (χ1n) is 9.92. The lowest BCUT2D eigenvalue weighted by molar-refractivity contribution is -0.113. The second kappa shape index (κ2) is 9.58. The fourth-order valence-electron chi connectivity index (χ4n) is 3.42. The Morgan fingerprint density at radius 2 is 1.69 bits per heavy atom. The Morgan fingerprint density at radius 3 is 2.38 bits per heavy atom. The molecule has 3 aromatic carbocycles. The number of aromatic nitrogens is 3. The molecule has 0 saturated carbocycles. The maximum absolute atomic E-state index is 12.7. The summed E-state index contributed by atoms with van der Waals surface area (Å²) < 4.78 is 2.83. The number of hydrogen-bond acceptors (Lipinski definition) is 5. The second-order valence-electron chi connectivity index (χ2n) is 7.25. The fraction of sp³-hybridized carbons (Fsp3) is 0.125. The molecule has 162 valence electrons. The van der Waals surface area contributed by atoms with Crippen LogP contribution >= 0.6 is 27.7 Å². The Balaban J connectivity index is 1.61. The first-order chi connectivity index (χ1) is 15.4. The van der Waals surface area contributed by atoms with E-state index in [4.69, 9.17) is 0 Å². The molecule has 1 aromatic heterocycles. The first kappa shape index (κ1) is 22.1. The number of thioether (sulfide) groups is 1. The van der Waals surface area contributed by atoms with Crippen LogP contribution in [0.3, 0.4) is 0 Å². The number of benzene rings is 3. The summed E-state index contributed by atoms with van der Waals surface area (Å²) in [6.45, 7) is 3.93. The van der Waals surface area contributed by atoms with Gasteiger partial charge in [0, 0.05) is 15.8 Å². The quantitative estimate of drug-likeness (QED) is 0.324. The Kier molecular flexibility index (Phi) is 6.62. The summed E-state index contributed by atoms with van der Waals surface area (Å²) >= 11 is 4.77. The van der Waals surface area contributed by atoms with Crippen LogP contribution in [0.15, 0.2) is 76.4 Å². The molecule has 8 heteroatoms. The van der Waals surface area contributed by atoms with Gasteiger partial charge in [0.1, 0.15) is 5.75 Å². The van der Waals surface area contributed by atoms with Gasteiger partial charge in [-0.3, -0.25) is 9.36 Å². The van der Waals surface area contributed by atoms with Gasteiger partial charge in [0.25, 0.3) is 0 Å². The molecule has 4 aromatic rings. The van der Waals surface area contributed by atoms with Gasteiger partial charge < -0.3 is 10.4 Å². The molecule has 2 N–H and O–H groups in total. The van der Waals surface area contributed by atoms with E-state index < -0.39 is 0 Å². The number of para-hydroxylation sites is 2. The van der Waals surface area contributed by atoms with Crippen molar-refractivity contribution in [3.8, 4) is 22.8 Å². The normalized spacial score (nSPS) is 10.8. The smallest absolute Gasteiger partial charge is 0.234 e. The van der Waals surface area contributed by atoms with E-state index in [1.54, 1.807) is 18.2 Å². The van der Waals surface area contributed by atoms with Crippen LogP contribution in [0.5, 0.6) is 5.75 Å². The molecule has 32 heavy (non-hydrogen) atoms. The highest BCUT2D eigenvalue weighted by Gasteiger charge is 2.19. The van der Waals surface area contributed by atoms with E-state index in [2.05, 4.69) is 31.4 Å². The fourth-order valence-corrected chi connectivity index (χ4v) is 4.86. The first-order valence-corrected chi connectivity index (χ1v) is 11.7. The SMILES string of the molecule is Cc1cc(Br)cc(C)c1NC(=O)CSc1nnc(-c2ccccc2O)n1-c1ccccc1. The van der Waals surface area contributed by atoms with Crippen molar-refractivity contribution in [3.05, 3.63) is 82.3 Å². The number of anilines is 1. The van der Waals surface area contributed by atoms with Gasteiger partial charge in [0.05, 0.1) is 11.3 Å². The number of carbonyl (C=O) groups is 1. The number of amides is 1. The van der Waals surface area contributed by atoms with Gasteiger partial charge in [0.15, 0.2) is 11.0 Å². The average Bonchev–Trinajstić information content (AvgIpc) is 3.19. The summed E-state index contributed by atoms with van der Waals surface area (Å²) in [6, 6.07) is 20.6. The number of nitrogens with zero attached hydrogens (tertiary/aromatic N) is 3. The Morgan fingerprint density at radius 1 is 1.03 bits per heavy atom. The third-order valence-electron chi connectivity index (χ3n) is 4.89. The van der Waals surface area contributed by atoms with Gasteiger partial charge >= 0.3 is 0 Å². The zero-order chi connectivity index (χ0) is 22.7. The maximum atomic E-state index is 12.7. The number of phenolic OH excluding ortho intramolecular Hbond substituents is 1. The van der Waals surface area contributed by atoms with E-state index in [1.807, 2.05) is 66.9 Å². The van der Waals surface area contributed by atoms with Crippen molar-refractivity contribution >= 4 is 39.3 Å². The lowest BCUT2D eigenvalue weighted by Gasteiger charge is -2.13. The summed E-state index contributed by atoms with van der Waals surface area (Å²) in [6.07, 6.45) is 0. The minimum atomic E-state index is -0.129. The standard InChI is InChI=1S/C24H21BrN4O2S/c1-15-12-17(25)13-16(2)22(15)26-21(31)14-32-24-28-27-23(19-10-6-7-11-20(19)30)29(24)18-8-4-3-5-9-18/h3-13,30H,14H2,1-2H3,(H,26,31). The lowest BCUT2D eigenvalue weighted by atomic mass is 10.1. The van der Waals surface area contributed by atoms with E-state index in [-0.39, 0.29) is 17.4 Å². The van der Waals surface area contributed by atoms with Gasteiger partial charge in [-0.05, 0) is 61.4 Å². The van der Waals surface area contributed by atoms with Crippen molar-refractivity contribution in [1.29, 1.82) is 0 Å². The number of hydrogen-bond donors (Lipinski definition) is 2. The van der Waals surface area contributed by atoms with Crippen molar-refractivity contribution < 1.29 is 9.90 Å². The van der Waals surface area contributed by atoms with Crippen LogP contribution in [0.4, 0.5) is 5.69 Å². The molecule has 0 aliphatic carbocycles. The zero-order valence-corrected chi connectivity index (χ0v) is 19.9. The molecule has 0 radical (unpaired) electrons. The number of carbonyl (C=O) groups excluding carboxylic acids is 1. The van der Waals surface area contributed by atoms with E-state index in [0.717, 1.165) is 27.0 Å². The summed E-state index contributed by atoms with van der Waals surface area (Å²) in [4.78, 5) is 12.7. The van der Waals surface area contributed by atoms with Crippen LogP contribution in [-0.2, 0) is 4.79 Å². The molecule has 4 rings (SSSR count). The number of aromatic hydroxyl groups is 1. The van der Waals surface area contributed by atoms with E-state index >= 15 is 0 Å². The van der Waals surface area contributed by atoms with Crippen molar-refractivity contribution in [2.75, 3.05) is 11.1 Å². The Hall–Kier alpha value is -3.10. The number of nitrogens with one attached hydrogen (secondary N) is 1. The third-order valence-corrected chi connectivity index (χ3v) is 6.27. The van der Waals surface area contributed by atoms with Crippen LogP contribution in [0, 0.1) is 13.8 Å². The average molecular weight is 509 g/mol. The molecular formula is C24H21BrN4O2S. The van der Waals surface area contributed by atoms with E-state index in [9.17, 15) is 9.90 Å². The predicted octanol–water partition coefficient (Wildman–Crippen LogP) is 5.75. The van der Waals surface area contributed by atoms with Crippen LogP contribution < -0.4 is 5.32 Å². The molecule has 6 nitrogen and oxygen atoms in total. The molecule has 1 amide bonds. The Labute approximate surface area is 198 Å². The molecule has 0 bridgehead atoms. The van der Waals surface area contributed by atoms with Gasteiger partial charge in [-0.15, -0.1) is 10.2 Å². The largest absolute Gasteiger partial charge is 0.507 e. The molecule has 0 saturated heterocycles. The highest BCUT2D eigenvalue weighted by Crippen LogP contribution is 2.33. The van der Waals surface area contributed by atoms with Crippen LogP contribution in [0.1, 0.15) is 11.1 Å². The molecule has 0 unspecified atom stereocenters. The molecular weight excluding hydrogens is 488 g/mol. The predicted molar refractivity (Wildman–Crippen MR) is 131 cm³/mol. The van der Waals surface area contributed by atoms with Crippen LogP contribution in [0.2, 0.25) is 0 Å². The topological polar surface area (TPSA) is 80.0 Å². The van der Waals surface area contributed by atoms with Crippen LogP contribution in [0.25, 0.3) is 17.1 Å². The van der Waals surface area contributed by atoms with Gasteiger partial charge in [-0.2, -0.15) is 0 Å². The molecule has 0 atom stereocenters. The maximum Gasteiger partial charge on any atom is 0.234 e. The van der Waals surface area contributed by atoms with Gasteiger partial charge in [0.2, 0.25) is 5.91 Å². The number of halogens is 1. The van der Waals surface area contributed by atoms with Gasteiger partial charge in [-0.25, -0.2) is 0 Å². The van der Waals surface area contributed by atoms with Crippen molar-refractivity contribution in [1.82, 2.24) is 14.8 Å². The van der Waals surface area contributed by atoms with E-state index in [1.165, 1.54) is 11.8 Å². The molecule has 1 heterocycles. The molecule has 0 fully saturated rings. The van der Waals surface area contributed by atoms with E-state index in [0.29, 0.717) is 16.5 Å². The van der Waals surface area contributed by atoms with Crippen molar-refractivity contribution in [2.24, 2.45) is 0 Å². The lowest BCUT2D eigenvalue weighted by Crippen LogP contribution is -2.16. The molecule has 0 aliphatic heterocycles. The summed E-state index contributed by atoms with van der Waals surface area (Å²) in [5, 5.41) is 22.5. The third kappa shape index (κ3) is 4.71. The summed E-state index contributed by atoms with van der Waals surface area (Å²) in [5.41, 5.74) is 4.21. The van der Waals surface area contributed by atoms with Crippen molar-refractivity contribution in [3.63, 3.8) is 0 Å². The second-order valence-corrected chi connectivity index (χ2v) is 9.10. The highest BCUT2D eigenvalue weighted by molar-refractivity contribution is 9.10. The Bertz CT molecular complexity index is 1250. The number of rotatable bonds is 6. The minimum Gasteiger partial charge on any atom is -0.507 e. The highest BCUT2D eigenvalue weighted by atomic mass is 79.9. The monoisotopic (exact) mass is 508 g/mol. The van der Waals surface area contributed by atoms with Crippen molar-refractivity contribution in [2.45, 2.75) is 19.0 Å². The summed E-state index contributed by atoms with van der Waals surface area (Å²) in [7, 11) is 0. The van der Waals surface area contributed by atoms with Crippen LogP contribution in [-0.4, -0.2) is 31.5 Å².